The molecule has 1 aromatic heterocycles. The van der Waals surface area contributed by atoms with Gasteiger partial charge in [-0.05, 0) is 60.7 Å². The van der Waals surface area contributed by atoms with E-state index in [1.807, 2.05) is 30.3 Å². The van der Waals surface area contributed by atoms with Crippen LogP contribution in [-0.2, 0) is 9.59 Å². The van der Waals surface area contributed by atoms with Gasteiger partial charge in [-0.3, -0.25) is 19.2 Å². The minimum absolute atomic E-state index is 0.0740. The molecule has 5 aromatic rings. The Morgan fingerprint density at radius 1 is 0.791 bits per heavy atom. The first-order valence-electron chi connectivity index (χ1n) is 13.2. The molecule has 0 aliphatic rings. The number of primary amides is 1. The fourth-order valence-electron chi connectivity index (χ4n) is 4.29. The highest BCUT2D eigenvalue weighted by molar-refractivity contribution is 8.00. The molecule has 214 valence electrons. The number of rotatable bonds is 10. The zero-order valence-electron chi connectivity index (χ0n) is 22.8. The molecule has 0 saturated carbocycles. The van der Waals surface area contributed by atoms with E-state index < -0.39 is 17.7 Å². The van der Waals surface area contributed by atoms with Crippen LogP contribution >= 0.6 is 11.8 Å². The predicted octanol–water partition coefficient (Wildman–Crippen LogP) is 5.41. The van der Waals surface area contributed by atoms with Crippen molar-refractivity contribution in [3.05, 3.63) is 132 Å². The number of thioether (sulfide) groups is 1. The highest BCUT2D eigenvalue weighted by Crippen LogP contribution is 2.23. The summed E-state index contributed by atoms with van der Waals surface area (Å²) in [6.45, 7) is 0. The highest BCUT2D eigenvalue weighted by atomic mass is 32.2. The van der Waals surface area contributed by atoms with Gasteiger partial charge in [0.05, 0.1) is 17.0 Å². The second-order valence-corrected chi connectivity index (χ2v) is 10.4. The normalized spacial score (nSPS) is 11.1. The number of nitrogens with two attached hydrogens (primary N) is 1. The molecule has 0 aliphatic heterocycles. The summed E-state index contributed by atoms with van der Waals surface area (Å²) in [6, 6.07) is 29.8. The van der Waals surface area contributed by atoms with Gasteiger partial charge in [0.15, 0.2) is 0 Å². The van der Waals surface area contributed by atoms with Crippen LogP contribution in [0.15, 0.2) is 120 Å². The number of para-hydroxylation sites is 2. The lowest BCUT2D eigenvalue weighted by Crippen LogP contribution is -2.30. The van der Waals surface area contributed by atoms with Crippen molar-refractivity contribution in [1.82, 2.24) is 10.3 Å². The van der Waals surface area contributed by atoms with Crippen LogP contribution in [-0.4, -0.2) is 34.4 Å². The van der Waals surface area contributed by atoms with Gasteiger partial charge in [0.2, 0.25) is 5.91 Å². The number of carbonyl (C=O) groups is 4. The first kappa shape index (κ1) is 28.9. The van der Waals surface area contributed by atoms with Gasteiger partial charge >= 0.3 is 0 Å². The summed E-state index contributed by atoms with van der Waals surface area (Å²) >= 11 is 1.29. The van der Waals surface area contributed by atoms with E-state index in [2.05, 4.69) is 20.9 Å². The lowest BCUT2D eigenvalue weighted by atomic mass is 10.1. The zero-order valence-corrected chi connectivity index (χ0v) is 23.6. The molecule has 0 bridgehead atoms. The van der Waals surface area contributed by atoms with Crippen LogP contribution < -0.4 is 21.7 Å². The summed E-state index contributed by atoms with van der Waals surface area (Å²) in [5, 5.41) is 9.20. The molecule has 9 nitrogen and oxygen atoms in total. The smallest absolute Gasteiger partial charge is 0.272 e. The molecule has 0 aliphatic carbocycles. The quantitative estimate of drug-likeness (QED) is 0.109. The summed E-state index contributed by atoms with van der Waals surface area (Å²) in [5.74, 6) is -1.73. The van der Waals surface area contributed by atoms with E-state index in [0.717, 1.165) is 21.4 Å². The van der Waals surface area contributed by atoms with Gasteiger partial charge in [-0.2, -0.15) is 0 Å². The lowest BCUT2D eigenvalue weighted by Gasteiger charge is -2.12. The summed E-state index contributed by atoms with van der Waals surface area (Å²) in [5.41, 5.74) is 8.62. The van der Waals surface area contributed by atoms with E-state index in [4.69, 9.17) is 5.73 Å². The first-order valence-corrected chi connectivity index (χ1v) is 14.2. The van der Waals surface area contributed by atoms with Crippen molar-refractivity contribution in [2.45, 2.75) is 4.90 Å². The van der Waals surface area contributed by atoms with Crippen LogP contribution in [0.5, 0.6) is 0 Å². The molecule has 0 saturated heterocycles. The van der Waals surface area contributed by atoms with Crippen LogP contribution in [0.4, 0.5) is 11.4 Å². The SMILES string of the molecule is NC(=O)c1ccccc1NC(=O)CSc1ccc(NC(=O)/C(=C\c2c[nH]c3ccccc23)NC(=O)c2ccccc2)cc1. The molecule has 0 radical (unpaired) electrons. The topological polar surface area (TPSA) is 146 Å². The lowest BCUT2D eigenvalue weighted by molar-refractivity contribution is -0.114. The van der Waals surface area contributed by atoms with Crippen LogP contribution in [0.2, 0.25) is 0 Å². The van der Waals surface area contributed by atoms with E-state index in [9.17, 15) is 19.2 Å². The van der Waals surface area contributed by atoms with Gasteiger partial charge in [0, 0.05) is 38.8 Å². The Balaban J connectivity index is 1.26. The maximum absolute atomic E-state index is 13.4. The molecule has 0 atom stereocenters. The molecule has 43 heavy (non-hydrogen) atoms. The van der Waals surface area contributed by atoms with E-state index in [1.165, 1.54) is 11.8 Å². The number of aromatic amines is 1. The Labute approximate surface area is 251 Å². The van der Waals surface area contributed by atoms with E-state index >= 15 is 0 Å². The van der Waals surface area contributed by atoms with E-state index in [-0.39, 0.29) is 22.9 Å². The number of H-pyrrole nitrogens is 1. The number of benzene rings is 4. The van der Waals surface area contributed by atoms with Crippen LogP contribution in [0.1, 0.15) is 26.3 Å². The molecule has 0 spiro atoms. The number of anilines is 2. The minimum atomic E-state index is -0.625. The van der Waals surface area contributed by atoms with Gasteiger partial charge in [0.1, 0.15) is 5.70 Å². The fourth-order valence-corrected chi connectivity index (χ4v) is 4.98. The van der Waals surface area contributed by atoms with Crippen molar-refractivity contribution in [1.29, 1.82) is 0 Å². The van der Waals surface area contributed by atoms with E-state index in [0.29, 0.717) is 16.9 Å². The van der Waals surface area contributed by atoms with Gasteiger partial charge in [-0.1, -0.05) is 48.5 Å². The number of aromatic nitrogens is 1. The predicted molar refractivity (Wildman–Crippen MR) is 170 cm³/mol. The maximum Gasteiger partial charge on any atom is 0.272 e. The maximum atomic E-state index is 13.4. The Hall–Kier alpha value is -5.61. The third-order valence-electron chi connectivity index (χ3n) is 6.40. The molecule has 1 heterocycles. The Bertz CT molecular complexity index is 1830. The molecular formula is C33H27N5O4S. The first-order chi connectivity index (χ1) is 20.9. The number of hydrogen-bond acceptors (Lipinski definition) is 5. The van der Waals surface area contributed by atoms with Gasteiger partial charge in [-0.15, -0.1) is 11.8 Å². The Morgan fingerprint density at radius 2 is 1.49 bits per heavy atom. The molecule has 10 heteroatoms. The summed E-state index contributed by atoms with van der Waals surface area (Å²) < 4.78 is 0. The third kappa shape index (κ3) is 7.38. The van der Waals surface area contributed by atoms with Crippen molar-refractivity contribution >= 4 is 63.7 Å². The number of amides is 4. The summed E-state index contributed by atoms with van der Waals surface area (Å²) in [7, 11) is 0. The molecular weight excluding hydrogens is 562 g/mol. The van der Waals surface area contributed by atoms with Gasteiger partial charge in [0.25, 0.3) is 17.7 Å². The monoisotopic (exact) mass is 589 g/mol. The molecule has 5 rings (SSSR count). The average Bonchev–Trinajstić information content (AvgIpc) is 3.43. The van der Waals surface area contributed by atoms with Crippen molar-refractivity contribution in [2.24, 2.45) is 5.73 Å². The zero-order chi connectivity index (χ0) is 30.2. The molecule has 0 unspecified atom stereocenters. The molecule has 4 amide bonds. The second kappa shape index (κ2) is 13.4. The summed E-state index contributed by atoms with van der Waals surface area (Å²) in [6.07, 6.45) is 3.41. The van der Waals surface area contributed by atoms with Crippen LogP contribution in [0.3, 0.4) is 0 Å². The second-order valence-electron chi connectivity index (χ2n) is 9.39. The van der Waals surface area contributed by atoms with Crippen LogP contribution in [0.25, 0.3) is 17.0 Å². The minimum Gasteiger partial charge on any atom is -0.366 e. The number of nitrogens with one attached hydrogen (secondary N) is 4. The van der Waals surface area contributed by atoms with Crippen molar-refractivity contribution in [3.63, 3.8) is 0 Å². The highest BCUT2D eigenvalue weighted by Gasteiger charge is 2.16. The Kier molecular flexibility index (Phi) is 8.99. The Morgan fingerprint density at radius 3 is 2.26 bits per heavy atom. The van der Waals surface area contributed by atoms with Crippen molar-refractivity contribution in [3.8, 4) is 0 Å². The van der Waals surface area contributed by atoms with Gasteiger partial charge in [-0.25, -0.2) is 0 Å². The van der Waals surface area contributed by atoms with E-state index in [1.54, 1.807) is 85.1 Å². The standard InChI is InChI=1S/C33H27N5O4S/c34-31(40)26-11-5-7-13-28(26)37-30(39)20-43-24-16-14-23(15-17-24)36-33(42)29(38-32(41)21-8-2-1-3-9-21)18-22-19-35-27-12-6-4-10-25(22)27/h1-19,35H,20H2,(H2,34,40)(H,36,42)(H,37,39)(H,38,41)/b29-18+. The molecule has 0 fully saturated rings. The number of hydrogen-bond donors (Lipinski definition) is 5. The number of carbonyl (C=O) groups excluding carboxylic acids is 4. The van der Waals surface area contributed by atoms with Crippen LogP contribution in [0, 0.1) is 0 Å². The summed E-state index contributed by atoms with van der Waals surface area (Å²) in [4.78, 5) is 54.4. The molecule has 6 N–H and O–H groups in total. The average molecular weight is 590 g/mol. The van der Waals surface area contributed by atoms with Crippen molar-refractivity contribution in [2.75, 3.05) is 16.4 Å². The molecule has 4 aromatic carbocycles. The van der Waals surface area contributed by atoms with Crippen molar-refractivity contribution < 1.29 is 19.2 Å². The fraction of sp³-hybridized carbons (Fsp3) is 0.0303. The largest absolute Gasteiger partial charge is 0.366 e. The van der Waals surface area contributed by atoms with Gasteiger partial charge < -0.3 is 26.7 Å². The number of fused-ring (bicyclic) bond motifs is 1. The third-order valence-corrected chi connectivity index (χ3v) is 7.41.